The lowest BCUT2D eigenvalue weighted by atomic mass is 10.3. The molecule has 0 atom stereocenters. The molecule has 82 valence electrons. The number of benzene rings is 1. The third-order valence-electron chi connectivity index (χ3n) is 1.40. The van der Waals surface area contributed by atoms with Crippen molar-refractivity contribution in [3.63, 3.8) is 0 Å². The molecule has 0 saturated carbocycles. The first kappa shape index (κ1) is 12.2. The average molecular weight is 334 g/mol. The van der Waals surface area contributed by atoms with Crippen molar-refractivity contribution < 1.29 is 27.1 Å². The van der Waals surface area contributed by atoms with E-state index in [0.29, 0.717) is 0 Å². The van der Waals surface area contributed by atoms with Gasteiger partial charge in [0.15, 0.2) is 24.0 Å². The second-order valence-corrected chi connectivity index (χ2v) is 3.64. The molecule has 0 bridgehead atoms. The molecule has 0 radical (unpaired) electrons. The lowest BCUT2D eigenvalue weighted by molar-refractivity contribution is -0.111. The molecule has 0 aliphatic rings. The molecule has 1 aromatic carbocycles. The largest absolute Gasteiger partial charge is 0.479 e. The summed E-state index contributed by atoms with van der Waals surface area (Å²) in [5.41, 5.74) is 0. The number of ether oxygens (including phenoxy) is 1. The lowest BCUT2D eigenvalue weighted by Gasteiger charge is -2.06. The first-order valence-corrected chi connectivity index (χ1v) is 4.65. The fourth-order valence-electron chi connectivity index (χ4n) is 0.807. The highest BCUT2D eigenvalue weighted by molar-refractivity contribution is 14.1. The van der Waals surface area contributed by atoms with Crippen molar-refractivity contribution in [2.45, 2.75) is 0 Å². The fourth-order valence-corrected chi connectivity index (χ4v) is 0.963. The lowest BCUT2D eigenvalue weighted by Crippen LogP contribution is -2.08. The smallest absolute Gasteiger partial charge is 0.229 e. The molecule has 0 N–H and O–H groups in total. The maximum Gasteiger partial charge on any atom is 0.229 e. The molecule has 0 fully saturated rings. The van der Waals surface area contributed by atoms with E-state index in [0.717, 1.165) is 0 Å². The van der Waals surface area contributed by atoms with Crippen LogP contribution < -0.4 is 4.74 Å². The van der Waals surface area contributed by atoms with Crippen LogP contribution in [0.4, 0.5) is 17.6 Å². The predicted octanol–water partition coefficient (Wildman–Crippen LogP) is 2.58. The summed E-state index contributed by atoms with van der Waals surface area (Å²) >= 11 is 1.31. The number of hydrogen-bond donors (Lipinski definition) is 0. The van der Waals surface area contributed by atoms with E-state index in [1.807, 2.05) is 0 Å². The van der Waals surface area contributed by atoms with Crippen molar-refractivity contribution >= 4 is 26.4 Å². The van der Waals surface area contributed by atoms with Gasteiger partial charge in [0.2, 0.25) is 15.4 Å². The van der Waals surface area contributed by atoms with Gasteiger partial charge in [-0.2, -0.15) is 8.78 Å². The van der Waals surface area contributed by atoms with E-state index in [1.165, 1.54) is 22.6 Å². The first-order chi connectivity index (χ1) is 6.93. The van der Waals surface area contributed by atoms with Crippen molar-refractivity contribution in [1.82, 2.24) is 0 Å². The van der Waals surface area contributed by atoms with Gasteiger partial charge in [0, 0.05) is 28.7 Å². The van der Waals surface area contributed by atoms with Gasteiger partial charge < -0.3 is 4.74 Å². The van der Waals surface area contributed by atoms with Gasteiger partial charge in [-0.3, -0.25) is 4.79 Å². The van der Waals surface area contributed by atoms with Gasteiger partial charge in [0.1, 0.15) is 0 Å². The summed E-state index contributed by atoms with van der Waals surface area (Å²) in [6, 6.07) is 0.0589. The van der Waals surface area contributed by atoms with Crippen LogP contribution in [0.25, 0.3) is 0 Å². The molecule has 1 rings (SSSR count). The zero-order valence-corrected chi connectivity index (χ0v) is 9.15. The van der Waals surface area contributed by atoms with Gasteiger partial charge in [0.05, 0.1) is 0 Å². The van der Waals surface area contributed by atoms with E-state index in [-0.39, 0.29) is 6.07 Å². The SMILES string of the molecule is O=C(I)COc1c(F)c(F)cc(F)c1F. The van der Waals surface area contributed by atoms with Crippen LogP contribution >= 0.6 is 22.6 Å². The molecule has 0 heterocycles. The monoisotopic (exact) mass is 334 g/mol. The van der Waals surface area contributed by atoms with E-state index >= 15 is 0 Å². The molecular formula is C8H3F4IO2. The maximum atomic E-state index is 12.9. The highest BCUT2D eigenvalue weighted by Gasteiger charge is 2.20. The molecule has 0 aliphatic heterocycles. The molecule has 15 heavy (non-hydrogen) atoms. The van der Waals surface area contributed by atoms with Crippen molar-refractivity contribution in [3.8, 4) is 5.75 Å². The summed E-state index contributed by atoms with van der Waals surface area (Å²) in [5.74, 6) is -7.70. The van der Waals surface area contributed by atoms with E-state index in [9.17, 15) is 22.4 Å². The van der Waals surface area contributed by atoms with Gasteiger partial charge in [-0.1, -0.05) is 0 Å². The first-order valence-electron chi connectivity index (χ1n) is 3.57. The molecule has 0 aromatic heterocycles. The molecular weight excluding hydrogens is 331 g/mol. The Morgan fingerprint density at radius 2 is 1.67 bits per heavy atom. The Kier molecular flexibility index (Phi) is 3.89. The molecule has 0 spiro atoms. The summed E-state index contributed by atoms with van der Waals surface area (Å²) in [6.07, 6.45) is 0. The molecule has 0 unspecified atom stereocenters. The Balaban J connectivity index is 3.09. The van der Waals surface area contributed by atoms with Crippen LogP contribution in [-0.2, 0) is 4.79 Å². The zero-order chi connectivity index (χ0) is 11.6. The molecule has 1 aromatic rings. The number of rotatable bonds is 3. The Morgan fingerprint density at radius 3 is 2.07 bits per heavy atom. The molecule has 0 aliphatic carbocycles. The van der Waals surface area contributed by atoms with Crippen molar-refractivity contribution in [2.24, 2.45) is 0 Å². The highest BCUT2D eigenvalue weighted by Crippen LogP contribution is 2.26. The minimum atomic E-state index is -1.66. The third-order valence-corrected chi connectivity index (χ3v) is 1.71. The van der Waals surface area contributed by atoms with Gasteiger partial charge in [-0.05, 0) is 0 Å². The summed E-state index contributed by atoms with van der Waals surface area (Å²) in [5, 5.41) is 0. The van der Waals surface area contributed by atoms with Crippen molar-refractivity contribution in [1.29, 1.82) is 0 Å². The topological polar surface area (TPSA) is 26.3 Å². The quantitative estimate of drug-likeness (QED) is 0.368. The number of halogens is 5. The van der Waals surface area contributed by atoms with Gasteiger partial charge >= 0.3 is 0 Å². The van der Waals surface area contributed by atoms with Crippen LogP contribution in [0.1, 0.15) is 0 Å². The summed E-state index contributed by atoms with van der Waals surface area (Å²) in [4.78, 5) is 10.4. The van der Waals surface area contributed by atoms with Gasteiger partial charge in [0.25, 0.3) is 0 Å². The summed E-state index contributed by atoms with van der Waals surface area (Å²) in [6.45, 7) is -0.669. The Hall–Kier alpha value is -0.860. The third kappa shape index (κ3) is 2.80. The predicted molar refractivity (Wildman–Crippen MR) is 50.8 cm³/mol. The molecule has 0 saturated heterocycles. The Bertz CT molecular complexity index is 382. The van der Waals surface area contributed by atoms with E-state index in [2.05, 4.69) is 4.74 Å². The molecule has 7 heteroatoms. The van der Waals surface area contributed by atoms with E-state index in [4.69, 9.17) is 0 Å². The van der Waals surface area contributed by atoms with E-state index < -0.39 is 39.4 Å². The van der Waals surface area contributed by atoms with Crippen LogP contribution in [0.5, 0.6) is 5.75 Å². The van der Waals surface area contributed by atoms with Crippen molar-refractivity contribution in [3.05, 3.63) is 29.3 Å². The number of carbonyl (C=O) groups excluding carboxylic acids is 1. The van der Waals surface area contributed by atoms with Crippen LogP contribution in [0.15, 0.2) is 6.07 Å². The second kappa shape index (κ2) is 4.77. The zero-order valence-electron chi connectivity index (χ0n) is 6.99. The minimum absolute atomic E-state index is 0.0589. The highest BCUT2D eigenvalue weighted by atomic mass is 127. The number of carbonyl (C=O) groups is 1. The van der Waals surface area contributed by atoms with Crippen LogP contribution in [0, 0.1) is 23.3 Å². The average Bonchev–Trinajstić information content (AvgIpc) is 2.14. The Morgan fingerprint density at radius 1 is 1.20 bits per heavy atom. The minimum Gasteiger partial charge on any atom is -0.479 e. The summed E-state index contributed by atoms with van der Waals surface area (Å²) in [7, 11) is 0. The van der Waals surface area contributed by atoms with Crippen LogP contribution in [0.2, 0.25) is 0 Å². The standard InChI is InChI=1S/C8H3F4IO2/c9-3-1-4(10)7(12)8(6(3)11)15-2-5(13)14/h1H,2H2. The van der Waals surface area contributed by atoms with Crippen LogP contribution in [-0.4, -0.2) is 10.4 Å². The Labute approximate surface area is 95.4 Å². The fraction of sp³-hybridized carbons (Fsp3) is 0.125. The maximum absolute atomic E-state index is 12.9. The number of hydrogen-bond acceptors (Lipinski definition) is 2. The molecule has 2 nitrogen and oxygen atoms in total. The summed E-state index contributed by atoms with van der Waals surface area (Å²) < 4.78 is 54.7. The van der Waals surface area contributed by atoms with Crippen molar-refractivity contribution in [2.75, 3.05) is 6.61 Å². The normalized spacial score (nSPS) is 10.2. The van der Waals surface area contributed by atoms with Gasteiger partial charge in [-0.15, -0.1) is 0 Å². The van der Waals surface area contributed by atoms with Crippen LogP contribution in [0.3, 0.4) is 0 Å². The second-order valence-electron chi connectivity index (χ2n) is 2.44. The van der Waals surface area contributed by atoms with Gasteiger partial charge in [-0.25, -0.2) is 8.78 Å². The molecule has 0 amide bonds. The van der Waals surface area contributed by atoms with E-state index in [1.54, 1.807) is 0 Å².